The quantitative estimate of drug-likeness (QED) is 0.269. The molecule has 0 saturated carbocycles. The summed E-state index contributed by atoms with van der Waals surface area (Å²) in [4.78, 5) is 15.6. The van der Waals surface area contributed by atoms with Gasteiger partial charge in [0.1, 0.15) is 5.82 Å². The van der Waals surface area contributed by atoms with Crippen molar-refractivity contribution in [2.24, 2.45) is 10.7 Å². The average molecular weight is 464 g/mol. The molecular weight excluding hydrogens is 438 g/mol. The number of aliphatic imine (C=N–C) groups is 1. The second-order valence-corrected chi connectivity index (χ2v) is 9.23. The van der Waals surface area contributed by atoms with E-state index in [1.54, 1.807) is 10.7 Å². The molecule has 2 aliphatic rings. The van der Waals surface area contributed by atoms with E-state index in [1.807, 2.05) is 60.9 Å². The molecule has 2 aliphatic heterocycles. The number of nitrogens with two attached hydrogens (primary N) is 2. The molecule has 2 saturated heterocycles. The molecule has 2 fully saturated rings. The van der Waals surface area contributed by atoms with Crippen LogP contribution < -0.4 is 11.5 Å². The van der Waals surface area contributed by atoms with E-state index >= 15 is 0 Å². The van der Waals surface area contributed by atoms with Crippen LogP contribution in [0.4, 0.5) is 5.82 Å². The molecular formula is C26H25N9. The van der Waals surface area contributed by atoms with Crippen LogP contribution in [-0.2, 0) is 0 Å². The molecule has 9 heteroatoms. The molecule has 4 N–H and O–H groups in total. The molecule has 2 bridgehead atoms. The summed E-state index contributed by atoms with van der Waals surface area (Å²) in [5.41, 5.74) is 18.0. The van der Waals surface area contributed by atoms with Crippen LogP contribution in [0.5, 0.6) is 0 Å². The van der Waals surface area contributed by atoms with Crippen molar-refractivity contribution in [1.82, 2.24) is 24.5 Å². The summed E-state index contributed by atoms with van der Waals surface area (Å²) in [7, 11) is 0. The number of fused-ring (bicyclic) bond motifs is 3. The van der Waals surface area contributed by atoms with Crippen molar-refractivity contribution < 1.29 is 0 Å². The number of nitrogen functional groups attached to an aromatic ring is 1. The van der Waals surface area contributed by atoms with Crippen LogP contribution in [0, 0.1) is 11.5 Å². The molecule has 35 heavy (non-hydrogen) atoms. The Balaban J connectivity index is 1.32. The number of nitriles is 1. The first-order valence-corrected chi connectivity index (χ1v) is 11.8. The summed E-state index contributed by atoms with van der Waals surface area (Å²) < 4.78 is 1.69. The Morgan fingerprint density at radius 2 is 1.80 bits per heavy atom. The van der Waals surface area contributed by atoms with Gasteiger partial charge < -0.3 is 16.4 Å². The van der Waals surface area contributed by atoms with E-state index in [-0.39, 0.29) is 18.0 Å². The maximum Gasteiger partial charge on any atom is 0.209 e. The predicted molar refractivity (Wildman–Crippen MR) is 134 cm³/mol. The van der Waals surface area contributed by atoms with Crippen molar-refractivity contribution in [2.45, 2.75) is 43.7 Å². The van der Waals surface area contributed by atoms with E-state index in [4.69, 9.17) is 21.7 Å². The molecule has 0 radical (unpaired) electrons. The van der Waals surface area contributed by atoms with Crippen molar-refractivity contribution in [1.29, 1.82) is 5.26 Å². The highest BCUT2D eigenvalue weighted by atomic mass is 15.3. The number of nitrogens with zero attached hydrogens (tertiary/aromatic N) is 7. The fourth-order valence-corrected chi connectivity index (χ4v) is 5.65. The van der Waals surface area contributed by atoms with E-state index < -0.39 is 0 Å². The smallest absolute Gasteiger partial charge is 0.209 e. The lowest BCUT2D eigenvalue weighted by Crippen LogP contribution is -2.49. The molecule has 0 unspecified atom stereocenters. The van der Waals surface area contributed by atoms with Crippen LogP contribution in [0.2, 0.25) is 0 Å². The van der Waals surface area contributed by atoms with Gasteiger partial charge in [-0.3, -0.25) is 4.98 Å². The standard InChI is InChI=1S/C26H25N9/c27-15-31-26(29)34-19-7-8-20(34)11-18(10-19)23-12-24(28)35-25(33-23)21(14-32-35)17-6-9-22(30-13-17)16-4-2-1-3-5-16/h1-6,9,12-14,18-20H,7-8,10-11,28H2,(H2,29,31)/t18-,19+,20-. The van der Waals surface area contributed by atoms with E-state index in [9.17, 15) is 0 Å². The van der Waals surface area contributed by atoms with Crippen molar-refractivity contribution in [3.8, 4) is 28.6 Å². The Morgan fingerprint density at radius 3 is 2.49 bits per heavy atom. The van der Waals surface area contributed by atoms with Gasteiger partial charge >= 0.3 is 0 Å². The Hall–Kier alpha value is -4.45. The summed E-state index contributed by atoms with van der Waals surface area (Å²) in [6.07, 6.45) is 9.35. The fraction of sp³-hybridized carbons (Fsp3) is 0.269. The number of benzene rings is 1. The van der Waals surface area contributed by atoms with Gasteiger partial charge in [0.2, 0.25) is 12.2 Å². The Kier molecular flexibility index (Phi) is 5.07. The predicted octanol–water partition coefficient (Wildman–Crippen LogP) is 3.55. The summed E-state index contributed by atoms with van der Waals surface area (Å²) in [6.45, 7) is 0. The number of pyridine rings is 1. The van der Waals surface area contributed by atoms with Gasteiger partial charge in [-0.2, -0.15) is 14.9 Å². The Bertz CT molecular complexity index is 1440. The van der Waals surface area contributed by atoms with E-state index in [1.165, 1.54) is 0 Å². The van der Waals surface area contributed by atoms with Crippen LogP contribution in [0.3, 0.4) is 0 Å². The van der Waals surface area contributed by atoms with E-state index in [0.29, 0.717) is 11.8 Å². The second-order valence-electron chi connectivity index (χ2n) is 9.23. The lowest BCUT2D eigenvalue weighted by Gasteiger charge is -2.39. The highest BCUT2D eigenvalue weighted by molar-refractivity contribution is 5.80. The maximum atomic E-state index is 8.91. The number of guanidine groups is 1. The Morgan fingerprint density at radius 1 is 1.03 bits per heavy atom. The molecule has 3 aromatic heterocycles. The summed E-state index contributed by atoms with van der Waals surface area (Å²) >= 11 is 0. The molecule has 1 aromatic carbocycles. The Labute approximate surface area is 202 Å². The van der Waals surface area contributed by atoms with Crippen LogP contribution in [0.1, 0.15) is 37.3 Å². The van der Waals surface area contributed by atoms with Gasteiger partial charge in [0, 0.05) is 52.6 Å². The highest BCUT2D eigenvalue weighted by Crippen LogP contribution is 2.43. The minimum Gasteiger partial charge on any atom is -0.384 e. The molecule has 174 valence electrons. The first-order chi connectivity index (χ1) is 17.1. The highest BCUT2D eigenvalue weighted by Gasteiger charge is 2.42. The van der Waals surface area contributed by atoms with Crippen molar-refractivity contribution in [3.05, 3.63) is 66.6 Å². The zero-order valence-corrected chi connectivity index (χ0v) is 19.1. The second kappa shape index (κ2) is 8.40. The average Bonchev–Trinajstić information content (AvgIpc) is 3.43. The molecule has 5 heterocycles. The molecule has 3 atom stereocenters. The zero-order chi connectivity index (χ0) is 23.9. The van der Waals surface area contributed by atoms with Gasteiger partial charge in [0.15, 0.2) is 5.65 Å². The number of piperidine rings is 1. The first kappa shape index (κ1) is 21.1. The van der Waals surface area contributed by atoms with Crippen molar-refractivity contribution in [3.63, 3.8) is 0 Å². The molecule has 0 spiro atoms. The third-order valence-corrected chi connectivity index (χ3v) is 7.24. The summed E-state index contributed by atoms with van der Waals surface area (Å²) in [5.74, 6) is 1.14. The van der Waals surface area contributed by atoms with Gasteiger partial charge in [-0.25, -0.2) is 4.98 Å². The molecule has 6 rings (SSSR count). The summed E-state index contributed by atoms with van der Waals surface area (Å²) in [6, 6.07) is 16.6. The monoisotopic (exact) mass is 463 g/mol. The van der Waals surface area contributed by atoms with Crippen LogP contribution >= 0.6 is 0 Å². The minimum absolute atomic E-state index is 0.257. The lowest BCUT2D eigenvalue weighted by molar-refractivity contribution is 0.210. The van der Waals surface area contributed by atoms with Crippen molar-refractivity contribution in [2.75, 3.05) is 5.73 Å². The molecule has 0 aliphatic carbocycles. The van der Waals surface area contributed by atoms with Gasteiger partial charge in [-0.1, -0.05) is 36.4 Å². The van der Waals surface area contributed by atoms with Crippen LogP contribution in [-0.4, -0.2) is 42.5 Å². The summed E-state index contributed by atoms with van der Waals surface area (Å²) in [5, 5.41) is 13.4. The maximum absolute atomic E-state index is 8.91. The van der Waals surface area contributed by atoms with Gasteiger partial charge in [-0.05, 0) is 31.7 Å². The first-order valence-electron chi connectivity index (χ1n) is 11.8. The van der Waals surface area contributed by atoms with E-state index in [0.717, 1.165) is 59.4 Å². The number of anilines is 1. The number of hydrogen-bond donors (Lipinski definition) is 2. The fourth-order valence-electron chi connectivity index (χ4n) is 5.65. The molecule has 0 amide bonds. The number of rotatable bonds is 3. The third kappa shape index (κ3) is 3.64. The van der Waals surface area contributed by atoms with Gasteiger partial charge in [0.05, 0.1) is 11.9 Å². The SMILES string of the molecule is N#C/N=C(\N)N1[C@@H]2CC[C@H]1C[C@@H](c1cc(N)n3ncc(-c4ccc(-c5ccccc5)nc4)c3n1)C2. The molecule has 4 aromatic rings. The third-order valence-electron chi connectivity index (χ3n) is 7.24. The van der Waals surface area contributed by atoms with Crippen molar-refractivity contribution >= 4 is 17.4 Å². The number of aromatic nitrogens is 4. The van der Waals surface area contributed by atoms with Gasteiger partial charge in [0.25, 0.3) is 0 Å². The van der Waals surface area contributed by atoms with E-state index in [2.05, 4.69) is 20.0 Å². The number of hydrogen-bond acceptors (Lipinski definition) is 6. The molecule has 9 nitrogen and oxygen atoms in total. The van der Waals surface area contributed by atoms with Crippen LogP contribution in [0.15, 0.2) is 65.9 Å². The normalized spacial score (nSPS) is 21.9. The van der Waals surface area contributed by atoms with Gasteiger partial charge in [-0.15, -0.1) is 4.99 Å². The zero-order valence-electron chi connectivity index (χ0n) is 19.1. The largest absolute Gasteiger partial charge is 0.384 e. The lowest BCUT2D eigenvalue weighted by atomic mass is 9.88. The minimum atomic E-state index is 0.257. The van der Waals surface area contributed by atoms with Crippen LogP contribution in [0.25, 0.3) is 28.0 Å². The topological polar surface area (TPSA) is 135 Å².